The molecular weight excluding hydrogens is 522 g/mol. The van der Waals surface area contributed by atoms with E-state index in [9.17, 15) is 9.59 Å². The predicted molar refractivity (Wildman–Crippen MR) is 159 cm³/mol. The van der Waals surface area contributed by atoms with Gasteiger partial charge in [0.1, 0.15) is 18.1 Å². The minimum Gasteiger partial charge on any atom is -0.494 e. The average molecular weight is 552 g/mol. The summed E-state index contributed by atoms with van der Waals surface area (Å²) in [5.41, 5.74) is 2.92. The average Bonchev–Trinajstić information content (AvgIpc) is 3.27. The van der Waals surface area contributed by atoms with Crippen LogP contribution in [0.25, 0.3) is 6.08 Å². The molecule has 4 aromatic rings. The van der Waals surface area contributed by atoms with E-state index in [1.807, 2.05) is 85.8 Å². The SMILES string of the molecule is C=CCOc1ccccc1/C=c1/sc2n(c1=O)[C@@H](c1ccc(OCC)cc1)C(C(=O)Nc1ccccc1)=C(C)N=2. The number of hydrogen-bond acceptors (Lipinski definition) is 6. The lowest BCUT2D eigenvalue weighted by Crippen LogP contribution is -2.40. The van der Waals surface area contributed by atoms with E-state index in [0.29, 0.717) is 51.0 Å². The van der Waals surface area contributed by atoms with E-state index in [0.717, 1.165) is 11.1 Å². The van der Waals surface area contributed by atoms with Crippen LogP contribution in [0.5, 0.6) is 11.5 Å². The van der Waals surface area contributed by atoms with E-state index in [-0.39, 0.29) is 11.5 Å². The van der Waals surface area contributed by atoms with Crippen molar-refractivity contribution < 1.29 is 14.3 Å². The van der Waals surface area contributed by atoms with Crippen LogP contribution in [-0.4, -0.2) is 23.7 Å². The van der Waals surface area contributed by atoms with Crippen molar-refractivity contribution in [2.75, 3.05) is 18.5 Å². The summed E-state index contributed by atoms with van der Waals surface area (Å²) in [4.78, 5) is 32.9. The van der Waals surface area contributed by atoms with Gasteiger partial charge in [0.05, 0.1) is 28.5 Å². The van der Waals surface area contributed by atoms with Gasteiger partial charge in [-0.2, -0.15) is 0 Å². The molecule has 2 heterocycles. The third kappa shape index (κ3) is 5.53. The van der Waals surface area contributed by atoms with Gasteiger partial charge in [-0.15, -0.1) is 0 Å². The highest BCUT2D eigenvalue weighted by molar-refractivity contribution is 7.07. The molecule has 0 bridgehead atoms. The Morgan fingerprint density at radius 2 is 1.77 bits per heavy atom. The van der Waals surface area contributed by atoms with Crippen LogP contribution in [0.15, 0.2) is 113 Å². The lowest BCUT2D eigenvalue weighted by atomic mass is 9.95. The van der Waals surface area contributed by atoms with Gasteiger partial charge in [0.2, 0.25) is 0 Å². The van der Waals surface area contributed by atoms with E-state index in [1.165, 1.54) is 11.3 Å². The molecular formula is C32H29N3O4S. The first-order chi connectivity index (χ1) is 19.5. The van der Waals surface area contributed by atoms with Crippen molar-refractivity contribution in [1.29, 1.82) is 0 Å². The number of ether oxygens (including phenoxy) is 2. The van der Waals surface area contributed by atoms with Gasteiger partial charge in [-0.3, -0.25) is 14.2 Å². The molecule has 8 heteroatoms. The molecule has 0 saturated heterocycles. The zero-order valence-corrected chi connectivity index (χ0v) is 23.1. The number of fused-ring (bicyclic) bond motifs is 1. The molecule has 1 aromatic heterocycles. The van der Waals surface area contributed by atoms with Gasteiger partial charge in [-0.25, -0.2) is 4.99 Å². The first-order valence-electron chi connectivity index (χ1n) is 12.9. The van der Waals surface area contributed by atoms with Crippen LogP contribution in [-0.2, 0) is 4.79 Å². The van der Waals surface area contributed by atoms with Crippen LogP contribution in [0.4, 0.5) is 5.69 Å². The summed E-state index contributed by atoms with van der Waals surface area (Å²) in [5.74, 6) is 1.05. The zero-order chi connectivity index (χ0) is 28.1. The van der Waals surface area contributed by atoms with E-state index >= 15 is 0 Å². The van der Waals surface area contributed by atoms with Crippen molar-refractivity contribution in [1.82, 2.24) is 4.57 Å². The Morgan fingerprint density at radius 3 is 2.50 bits per heavy atom. The van der Waals surface area contributed by atoms with Gasteiger partial charge in [-0.05, 0) is 55.8 Å². The topological polar surface area (TPSA) is 81.9 Å². The quantitative estimate of drug-likeness (QED) is 0.302. The molecule has 1 aliphatic heterocycles. The summed E-state index contributed by atoms with van der Waals surface area (Å²) in [5, 5.41) is 2.97. The van der Waals surface area contributed by atoms with Crippen molar-refractivity contribution in [2.24, 2.45) is 4.99 Å². The molecule has 1 atom stereocenters. The molecule has 0 saturated carbocycles. The molecule has 1 aliphatic rings. The van der Waals surface area contributed by atoms with Crippen molar-refractivity contribution in [2.45, 2.75) is 19.9 Å². The van der Waals surface area contributed by atoms with Gasteiger partial charge >= 0.3 is 0 Å². The number of nitrogens with zero attached hydrogens (tertiary/aromatic N) is 2. The smallest absolute Gasteiger partial charge is 0.271 e. The Hall–Kier alpha value is -4.69. The standard InChI is InChI=1S/C32H29N3O4S/c1-4-19-39-26-14-10-9-11-23(26)20-27-31(37)35-29(22-15-17-25(18-16-22)38-5-2)28(21(3)33-32(35)40-27)30(36)34-24-12-7-6-8-13-24/h4,6-18,20,29H,1,5,19H2,2-3H3,(H,34,36)/b27-20+/t29-/m0/s1. The lowest BCUT2D eigenvalue weighted by molar-refractivity contribution is -0.113. The van der Waals surface area contributed by atoms with Gasteiger partial charge in [0, 0.05) is 11.3 Å². The number of nitrogens with one attached hydrogen (secondary N) is 1. The Kier molecular flexibility index (Phi) is 8.07. The van der Waals surface area contributed by atoms with Crippen LogP contribution in [0.1, 0.15) is 31.0 Å². The number of rotatable bonds is 9. The lowest BCUT2D eigenvalue weighted by Gasteiger charge is -2.25. The van der Waals surface area contributed by atoms with Crippen LogP contribution >= 0.6 is 11.3 Å². The predicted octanol–water partition coefficient (Wildman–Crippen LogP) is 4.84. The minimum atomic E-state index is -0.676. The summed E-state index contributed by atoms with van der Waals surface area (Å²) < 4.78 is 13.5. The fraction of sp³-hybridized carbons (Fsp3) is 0.156. The molecule has 1 N–H and O–H groups in total. The van der Waals surface area contributed by atoms with Crippen LogP contribution in [0, 0.1) is 0 Å². The summed E-state index contributed by atoms with van der Waals surface area (Å²) in [6, 6.07) is 23.6. The summed E-state index contributed by atoms with van der Waals surface area (Å²) >= 11 is 1.28. The van der Waals surface area contributed by atoms with E-state index < -0.39 is 6.04 Å². The molecule has 0 radical (unpaired) electrons. The van der Waals surface area contributed by atoms with Crippen molar-refractivity contribution in [3.8, 4) is 11.5 Å². The number of anilines is 1. The number of carbonyl (C=O) groups is 1. The maximum Gasteiger partial charge on any atom is 0.271 e. The molecule has 202 valence electrons. The van der Waals surface area contributed by atoms with Gasteiger partial charge < -0.3 is 14.8 Å². The summed E-state index contributed by atoms with van der Waals surface area (Å²) in [6.07, 6.45) is 3.48. The van der Waals surface area contributed by atoms with Crippen molar-refractivity contribution >= 4 is 29.0 Å². The summed E-state index contributed by atoms with van der Waals surface area (Å²) in [7, 11) is 0. The van der Waals surface area contributed by atoms with E-state index in [2.05, 4.69) is 11.9 Å². The molecule has 7 nitrogen and oxygen atoms in total. The number of thiazole rings is 1. The number of amides is 1. The van der Waals surface area contributed by atoms with Crippen molar-refractivity contribution in [3.63, 3.8) is 0 Å². The third-order valence-corrected chi connectivity index (χ3v) is 7.35. The van der Waals surface area contributed by atoms with Gasteiger partial charge in [0.15, 0.2) is 4.80 Å². The first-order valence-corrected chi connectivity index (χ1v) is 13.8. The van der Waals surface area contributed by atoms with Gasteiger partial charge in [0.25, 0.3) is 11.5 Å². The first kappa shape index (κ1) is 26.9. The van der Waals surface area contributed by atoms with E-state index in [4.69, 9.17) is 14.5 Å². The molecule has 0 spiro atoms. The number of hydrogen-bond donors (Lipinski definition) is 1. The number of benzene rings is 3. The molecule has 0 unspecified atom stereocenters. The maximum atomic E-state index is 14.0. The molecule has 0 fully saturated rings. The van der Waals surface area contributed by atoms with Crippen LogP contribution in [0.3, 0.4) is 0 Å². The second-order valence-corrected chi connectivity index (χ2v) is 10.1. The number of para-hydroxylation sites is 2. The Morgan fingerprint density at radius 1 is 1.05 bits per heavy atom. The molecule has 0 aliphatic carbocycles. The maximum absolute atomic E-state index is 14.0. The highest BCUT2D eigenvalue weighted by Crippen LogP contribution is 2.32. The Balaban J connectivity index is 1.65. The number of carbonyl (C=O) groups excluding carboxylic acids is 1. The fourth-order valence-corrected chi connectivity index (χ4v) is 5.62. The molecule has 40 heavy (non-hydrogen) atoms. The fourth-order valence-electron chi connectivity index (χ4n) is 4.58. The van der Waals surface area contributed by atoms with E-state index in [1.54, 1.807) is 23.6 Å². The number of allylic oxidation sites excluding steroid dienone is 1. The second kappa shape index (κ2) is 12.0. The zero-order valence-electron chi connectivity index (χ0n) is 22.3. The molecule has 3 aromatic carbocycles. The molecule has 5 rings (SSSR count). The summed E-state index contributed by atoms with van der Waals surface area (Å²) in [6.45, 7) is 8.32. The highest BCUT2D eigenvalue weighted by Gasteiger charge is 2.32. The largest absolute Gasteiger partial charge is 0.494 e. The van der Waals surface area contributed by atoms with Crippen LogP contribution in [0.2, 0.25) is 0 Å². The Labute approximate surface area is 236 Å². The Bertz CT molecular complexity index is 1750. The molecule has 1 amide bonds. The monoisotopic (exact) mass is 551 g/mol. The normalized spacial score (nSPS) is 14.8. The van der Waals surface area contributed by atoms with Crippen LogP contribution < -0.4 is 29.7 Å². The van der Waals surface area contributed by atoms with Crippen molar-refractivity contribution in [3.05, 3.63) is 134 Å². The highest BCUT2D eigenvalue weighted by atomic mass is 32.1. The minimum absolute atomic E-state index is 0.237. The number of aromatic nitrogens is 1. The second-order valence-electron chi connectivity index (χ2n) is 9.04. The third-order valence-electron chi connectivity index (χ3n) is 6.37. The van der Waals surface area contributed by atoms with Gasteiger partial charge in [-0.1, -0.05) is 72.5 Å².